The van der Waals surface area contributed by atoms with Gasteiger partial charge in [-0.15, -0.1) is 0 Å². The number of hydrogen-bond acceptors (Lipinski definition) is 2. The minimum Gasteiger partial charge on any atom is -0.352 e. The van der Waals surface area contributed by atoms with Gasteiger partial charge in [-0.3, -0.25) is 9.89 Å². The van der Waals surface area contributed by atoms with Gasteiger partial charge >= 0.3 is 6.18 Å². The summed E-state index contributed by atoms with van der Waals surface area (Å²) < 4.78 is 38.4. The standard InChI is InChI=1S/C17H25F3N4/c1-13-4-6-15(7-5-13)12-22-16(21-3)24-10-8-23(9-11-24)14(2)17(18,19)20/h4-7,14H,8-12H2,1-3H3,(H,21,22). The predicted octanol–water partition coefficient (Wildman–Crippen LogP) is 2.64. The van der Waals surface area contributed by atoms with Crippen LogP contribution in [0.2, 0.25) is 0 Å². The molecule has 1 saturated heterocycles. The Hall–Kier alpha value is -1.76. The lowest BCUT2D eigenvalue weighted by atomic mass is 10.1. The molecule has 1 unspecified atom stereocenters. The molecule has 24 heavy (non-hydrogen) atoms. The van der Waals surface area contributed by atoms with Gasteiger partial charge in [0.05, 0.1) is 0 Å². The maximum Gasteiger partial charge on any atom is 0.403 e. The zero-order chi connectivity index (χ0) is 17.7. The highest BCUT2D eigenvalue weighted by Crippen LogP contribution is 2.25. The van der Waals surface area contributed by atoms with E-state index in [0.29, 0.717) is 32.7 Å². The Labute approximate surface area is 141 Å². The second-order valence-corrected chi connectivity index (χ2v) is 6.13. The van der Waals surface area contributed by atoms with Crippen LogP contribution in [0.3, 0.4) is 0 Å². The Balaban J connectivity index is 1.86. The van der Waals surface area contributed by atoms with Crippen LogP contribution in [-0.4, -0.2) is 61.2 Å². The van der Waals surface area contributed by atoms with Crippen molar-refractivity contribution in [1.82, 2.24) is 15.1 Å². The molecular weight excluding hydrogens is 317 g/mol. The summed E-state index contributed by atoms with van der Waals surface area (Å²) in [6.45, 7) is 5.74. The minimum absolute atomic E-state index is 0.381. The first-order valence-electron chi connectivity index (χ1n) is 8.13. The molecule has 0 aliphatic carbocycles. The number of benzene rings is 1. The van der Waals surface area contributed by atoms with Crippen molar-refractivity contribution >= 4 is 5.96 Å². The number of aliphatic imine (C=N–C) groups is 1. The molecule has 134 valence electrons. The molecule has 4 nitrogen and oxygen atoms in total. The molecular formula is C17H25F3N4. The smallest absolute Gasteiger partial charge is 0.352 e. The zero-order valence-corrected chi connectivity index (χ0v) is 14.4. The Morgan fingerprint density at radius 1 is 1.17 bits per heavy atom. The summed E-state index contributed by atoms with van der Waals surface area (Å²) in [6, 6.07) is 6.81. The number of alkyl halides is 3. The third-order valence-electron chi connectivity index (χ3n) is 4.42. The van der Waals surface area contributed by atoms with Crippen molar-refractivity contribution < 1.29 is 13.2 Å². The molecule has 1 aromatic carbocycles. The van der Waals surface area contributed by atoms with Gasteiger partial charge in [-0.25, -0.2) is 0 Å². The fourth-order valence-corrected chi connectivity index (χ4v) is 2.75. The summed E-state index contributed by atoms with van der Waals surface area (Å²) in [5, 5.41) is 3.28. The van der Waals surface area contributed by atoms with Crippen molar-refractivity contribution in [3.8, 4) is 0 Å². The molecule has 0 aromatic heterocycles. The summed E-state index contributed by atoms with van der Waals surface area (Å²) in [6.07, 6.45) is -4.17. The van der Waals surface area contributed by atoms with Gasteiger partial charge in [0.15, 0.2) is 5.96 Å². The van der Waals surface area contributed by atoms with E-state index in [1.165, 1.54) is 17.4 Å². The molecule has 0 bridgehead atoms. The van der Waals surface area contributed by atoms with Gasteiger partial charge < -0.3 is 10.2 Å². The summed E-state index contributed by atoms with van der Waals surface area (Å²) >= 11 is 0. The number of guanidine groups is 1. The average molecular weight is 342 g/mol. The van der Waals surface area contributed by atoms with Crippen molar-refractivity contribution in [2.24, 2.45) is 4.99 Å². The largest absolute Gasteiger partial charge is 0.403 e. The molecule has 1 heterocycles. The first-order chi connectivity index (χ1) is 11.3. The van der Waals surface area contributed by atoms with Gasteiger partial charge in [0, 0.05) is 39.8 Å². The monoisotopic (exact) mass is 342 g/mol. The van der Waals surface area contributed by atoms with Crippen LogP contribution in [0.15, 0.2) is 29.3 Å². The quantitative estimate of drug-likeness (QED) is 0.677. The molecule has 0 spiro atoms. The summed E-state index contributed by atoms with van der Waals surface area (Å²) in [5.41, 5.74) is 2.35. The highest BCUT2D eigenvalue weighted by atomic mass is 19.4. The van der Waals surface area contributed by atoms with E-state index in [0.717, 1.165) is 11.5 Å². The molecule has 0 saturated carbocycles. The number of rotatable bonds is 3. The minimum atomic E-state index is -4.17. The predicted molar refractivity (Wildman–Crippen MR) is 90.0 cm³/mol. The van der Waals surface area contributed by atoms with Gasteiger partial charge in [-0.2, -0.15) is 13.2 Å². The lowest BCUT2D eigenvalue weighted by molar-refractivity contribution is -0.181. The van der Waals surface area contributed by atoms with E-state index < -0.39 is 12.2 Å². The van der Waals surface area contributed by atoms with E-state index in [1.54, 1.807) is 7.05 Å². The fourth-order valence-electron chi connectivity index (χ4n) is 2.75. The van der Waals surface area contributed by atoms with Crippen molar-refractivity contribution in [1.29, 1.82) is 0 Å². The van der Waals surface area contributed by atoms with Crippen molar-refractivity contribution in [3.63, 3.8) is 0 Å². The van der Waals surface area contributed by atoms with E-state index in [1.807, 2.05) is 11.8 Å². The summed E-state index contributed by atoms with van der Waals surface area (Å²) in [5.74, 6) is 0.731. The first kappa shape index (κ1) is 18.6. The van der Waals surface area contributed by atoms with Crippen molar-refractivity contribution in [2.45, 2.75) is 32.6 Å². The molecule has 0 radical (unpaired) electrons. The van der Waals surface area contributed by atoms with E-state index >= 15 is 0 Å². The maximum atomic E-state index is 12.8. The molecule has 1 aliphatic heterocycles. The van der Waals surface area contributed by atoms with E-state index in [4.69, 9.17) is 0 Å². The van der Waals surface area contributed by atoms with Gasteiger partial charge in [0.1, 0.15) is 6.04 Å². The van der Waals surface area contributed by atoms with Crippen LogP contribution in [0.25, 0.3) is 0 Å². The van der Waals surface area contributed by atoms with Crippen LogP contribution in [0.4, 0.5) is 13.2 Å². The third kappa shape index (κ3) is 4.87. The van der Waals surface area contributed by atoms with Gasteiger partial charge in [0.2, 0.25) is 0 Å². The zero-order valence-electron chi connectivity index (χ0n) is 14.4. The second-order valence-electron chi connectivity index (χ2n) is 6.13. The third-order valence-corrected chi connectivity index (χ3v) is 4.42. The number of nitrogens with zero attached hydrogens (tertiary/aromatic N) is 3. The lowest BCUT2D eigenvalue weighted by Gasteiger charge is -2.39. The van der Waals surface area contributed by atoms with E-state index in [9.17, 15) is 13.2 Å². The Bertz CT molecular complexity index is 546. The highest BCUT2D eigenvalue weighted by Gasteiger charge is 2.41. The van der Waals surface area contributed by atoms with Crippen LogP contribution < -0.4 is 5.32 Å². The molecule has 1 N–H and O–H groups in total. The van der Waals surface area contributed by atoms with Gasteiger partial charge in [-0.05, 0) is 19.4 Å². The van der Waals surface area contributed by atoms with Gasteiger partial charge in [-0.1, -0.05) is 29.8 Å². The molecule has 1 aromatic rings. The molecule has 1 aliphatic rings. The van der Waals surface area contributed by atoms with Crippen LogP contribution in [-0.2, 0) is 6.54 Å². The first-order valence-corrected chi connectivity index (χ1v) is 8.13. The molecule has 2 rings (SSSR count). The Morgan fingerprint density at radius 3 is 2.25 bits per heavy atom. The maximum absolute atomic E-state index is 12.8. The topological polar surface area (TPSA) is 30.9 Å². The normalized spacial score (nSPS) is 18.6. The molecule has 1 fully saturated rings. The number of hydrogen-bond donors (Lipinski definition) is 1. The number of halogens is 3. The van der Waals surface area contributed by atoms with Crippen LogP contribution in [0.5, 0.6) is 0 Å². The number of nitrogens with one attached hydrogen (secondary N) is 1. The fraction of sp³-hybridized carbons (Fsp3) is 0.588. The molecule has 1 atom stereocenters. The average Bonchev–Trinajstić information content (AvgIpc) is 2.56. The summed E-state index contributed by atoms with van der Waals surface area (Å²) in [7, 11) is 1.70. The van der Waals surface area contributed by atoms with Gasteiger partial charge in [0.25, 0.3) is 0 Å². The van der Waals surface area contributed by atoms with Crippen LogP contribution in [0.1, 0.15) is 18.1 Å². The highest BCUT2D eigenvalue weighted by molar-refractivity contribution is 5.80. The Kier molecular flexibility index (Phi) is 6.10. The molecule has 7 heteroatoms. The Morgan fingerprint density at radius 2 is 1.75 bits per heavy atom. The van der Waals surface area contributed by atoms with Crippen molar-refractivity contribution in [2.75, 3.05) is 33.2 Å². The number of piperazine rings is 1. The van der Waals surface area contributed by atoms with E-state index in [2.05, 4.69) is 34.6 Å². The summed E-state index contributed by atoms with van der Waals surface area (Å²) in [4.78, 5) is 7.74. The lowest BCUT2D eigenvalue weighted by Crippen LogP contribution is -2.56. The van der Waals surface area contributed by atoms with Crippen LogP contribution in [0, 0.1) is 6.92 Å². The number of aryl methyl sites for hydroxylation is 1. The molecule has 0 amide bonds. The second kappa shape index (κ2) is 7.88. The van der Waals surface area contributed by atoms with Crippen LogP contribution >= 0.6 is 0 Å². The van der Waals surface area contributed by atoms with E-state index in [-0.39, 0.29) is 0 Å². The SMILES string of the molecule is CN=C(NCc1ccc(C)cc1)N1CCN(C(C)C(F)(F)F)CC1. The van der Waals surface area contributed by atoms with Crippen molar-refractivity contribution in [3.05, 3.63) is 35.4 Å².